The fourth-order valence-corrected chi connectivity index (χ4v) is 2.37. The number of aromatic nitrogens is 2. The van der Waals surface area contributed by atoms with E-state index in [1.807, 2.05) is 44.6 Å². The second kappa shape index (κ2) is 4.78. The molecule has 86 valence electrons. The number of nitrogens with zero attached hydrogens (tertiary/aromatic N) is 3. The van der Waals surface area contributed by atoms with Gasteiger partial charge in [0.2, 0.25) is 0 Å². The maximum atomic E-state index is 4.40. The quantitative estimate of drug-likeness (QED) is 0.821. The molecule has 0 aromatic carbocycles. The van der Waals surface area contributed by atoms with Gasteiger partial charge in [0.05, 0.1) is 17.1 Å². The smallest absolute Gasteiger partial charge is 0.108 e. The van der Waals surface area contributed by atoms with Gasteiger partial charge in [-0.05, 0) is 12.1 Å². The maximum Gasteiger partial charge on any atom is 0.108 e. The van der Waals surface area contributed by atoms with Gasteiger partial charge < -0.3 is 4.57 Å². The lowest BCUT2D eigenvalue weighted by atomic mass is 10.4. The average Bonchev–Trinajstić information content (AvgIpc) is 2.83. The Balaban J connectivity index is 2.11. The van der Waals surface area contributed by atoms with Crippen molar-refractivity contribution in [3.05, 3.63) is 29.5 Å². The minimum absolute atomic E-state index is 0.780. The normalized spacial score (nSPS) is 11.2. The van der Waals surface area contributed by atoms with Crippen LogP contribution in [0.15, 0.2) is 24.5 Å². The monoisotopic (exact) mass is 236 g/mol. The third-order valence-corrected chi connectivity index (χ3v) is 3.32. The van der Waals surface area contributed by atoms with E-state index in [-0.39, 0.29) is 0 Å². The predicted molar refractivity (Wildman–Crippen MR) is 67.0 cm³/mol. The molecule has 2 aromatic heterocycles. The molecule has 16 heavy (non-hydrogen) atoms. The second-order valence-electron chi connectivity index (χ2n) is 3.85. The summed E-state index contributed by atoms with van der Waals surface area (Å²) in [6.45, 7) is 0.780. The first-order valence-corrected chi connectivity index (χ1v) is 5.95. The van der Waals surface area contributed by atoms with Gasteiger partial charge in [0.25, 0.3) is 0 Å². The van der Waals surface area contributed by atoms with Crippen LogP contribution >= 0.6 is 11.3 Å². The molecular weight excluding hydrogens is 220 g/mol. The summed E-state index contributed by atoms with van der Waals surface area (Å²) in [6, 6.07) is 4.16. The van der Waals surface area contributed by atoms with E-state index < -0.39 is 0 Å². The number of aryl methyl sites for hydroxylation is 1. The standard InChI is InChI=1S/C11H16N4S/c1-14(2)13-8-11-12-7-10(16-11)9-5-4-6-15(9)3/h4-7,13H,8H2,1-3H3. The minimum atomic E-state index is 0.780. The molecule has 0 fully saturated rings. The Morgan fingerprint density at radius 2 is 2.31 bits per heavy atom. The molecule has 0 aliphatic rings. The van der Waals surface area contributed by atoms with Gasteiger partial charge in [0.15, 0.2) is 0 Å². The summed E-state index contributed by atoms with van der Waals surface area (Å²) in [5, 5.41) is 3.04. The molecule has 2 rings (SSSR count). The molecule has 0 bridgehead atoms. The van der Waals surface area contributed by atoms with Crippen molar-refractivity contribution in [3.8, 4) is 10.6 Å². The Morgan fingerprint density at radius 1 is 1.50 bits per heavy atom. The van der Waals surface area contributed by atoms with Crippen LogP contribution in [0.4, 0.5) is 0 Å². The first-order valence-electron chi connectivity index (χ1n) is 5.14. The number of hydrazine groups is 1. The molecule has 0 saturated heterocycles. The molecule has 0 amide bonds. The molecule has 0 saturated carbocycles. The van der Waals surface area contributed by atoms with E-state index >= 15 is 0 Å². The first kappa shape index (κ1) is 11.3. The lowest BCUT2D eigenvalue weighted by Crippen LogP contribution is -2.29. The van der Waals surface area contributed by atoms with Crippen molar-refractivity contribution in [1.82, 2.24) is 20.0 Å². The van der Waals surface area contributed by atoms with Crippen molar-refractivity contribution < 1.29 is 0 Å². The van der Waals surface area contributed by atoms with Crippen molar-refractivity contribution in [2.45, 2.75) is 6.54 Å². The average molecular weight is 236 g/mol. The van der Waals surface area contributed by atoms with Crippen molar-refractivity contribution in [2.75, 3.05) is 14.1 Å². The van der Waals surface area contributed by atoms with Gasteiger partial charge in [-0.15, -0.1) is 11.3 Å². The minimum Gasteiger partial charge on any atom is -0.350 e. The van der Waals surface area contributed by atoms with Gasteiger partial charge >= 0.3 is 0 Å². The number of rotatable bonds is 4. The Labute approximate surface area is 99.5 Å². The van der Waals surface area contributed by atoms with Gasteiger partial charge in [-0.3, -0.25) is 5.01 Å². The van der Waals surface area contributed by atoms with E-state index in [9.17, 15) is 0 Å². The van der Waals surface area contributed by atoms with Crippen LogP contribution in [0, 0.1) is 0 Å². The Morgan fingerprint density at radius 3 is 2.94 bits per heavy atom. The van der Waals surface area contributed by atoms with Crippen LogP contribution in [-0.2, 0) is 13.6 Å². The highest BCUT2D eigenvalue weighted by atomic mass is 32.1. The summed E-state index contributed by atoms with van der Waals surface area (Å²) in [5.74, 6) is 0. The van der Waals surface area contributed by atoms with Crippen LogP contribution in [0.1, 0.15) is 5.01 Å². The fourth-order valence-electron chi connectivity index (χ4n) is 1.45. The number of nitrogens with one attached hydrogen (secondary N) is 1. The van der Waals surface area contributed by atoms with Crippen LogP contribution in [0.5, 0.6) is 0 Å². The van der Waals surface area contributed by atoms with Crippen LogP contribution < -0.4 is 5.43 Å². The van der Waals surface area contributed by atoms with Gasteiger partial charge in [-0.2, -0.15) is 0 Å². The van der Waals surface area contributed by atoms with Crippen LogP contribution in [0.25, 0.3) is 10.6 Å². The van der Waals surface area contributed by atoms with Crippen molar-refractivity contribution in [2.24, 2.45) is 7.05 Å². The summed E-state index contributed by atoms with van der Waals surface area (Å²) < 4.78 is 2.11. The SMILES string of the molecule is CN(C)NCc1ncc(-c2cccn2C)s1. The van der Waals surface area contributed by atoms with E-state index in [1.54, 1.807) is 11.3 Å². The lowest BCUT2D eigenvalue weighted by molar-refractivity contribution is 0.286. The molecule has 2 aromatic rings. The second-order valence-corrected chi connectivity index (χ2v) is 4.97. The predicted octanol–water partition coefficient (Wildman–Crippen LogP) is 1.71. The van der Waals surface area contributed by atoms with E-state index in [0.717, 1.165) is 11.6 Å². The zero-order valence-electron chi connectivity index (χ0n) is 9.77. The van der Waals surface area contributed by atoms with Crippen LogP contribution in [-0.4, -0.2) is 28.7 Å². The van der Waals surface area contributed by atoms with E-state index in [1.165, 1.54) is 10.6 Å². The zero-order valence-corrected chi connectivity index (χ0v) is 10.6. The molecule has 0 radical (unpaired) electrons. The van der Waals surface area contributed by atoms with Gasteiger partial charge in [-0.1, -0.05) is 0 Å². The highest BCUT2D eigenvalue weighted by molar-refractivity contribution is 7.15. The number of thiazole rings is 1. The molecule has 0 aliphatic heterocycles. The molecule has 0 spiro atoms. The molecule has 0 atom stereocenters. The Bertz CT molecular complexity index is 458. The third kappa shape index (κ3) is 2.49. The molecule has 0 aliphatic carbocycles. The van der Waals surface area contributed by atoms with E-state index in [0.29, 0.717) is 0 Å². The Hall–Kier alpha value is -1.17. The molecule has 2 heterocycles. The first-order chi connectivity index (χ1) is 7.66. The molecule has 1 N–H and O–H groups in total. The van der Waals surface area contributed by atoms with Gasteiger partial charge in [-0.25, -0.2) is 10.4 Å². The van der Waals surface area contributed by atoms with Crippen LogP contribution in [0.3, 0.4) is 0 Å². The number of hydrogen-bond acceptors (Lipinski definition) is 4. The van der Waals surface area contributed by atoms with Crippen molar-refractivity contribution >= 4 is 11.3 Å². The molecular formula is C11H16N4S. The van der Waals surface area contributed by atoms with Crippen molar-refractivity contribution in [3.63, 3.8) is 0 Å². The molecule has 4 nitrogen and oxygen atoms in total. The topological polar surface area (TPSA) is 33.1 Å². The lowest BCUT2D eigenvalue weighted by Gasteiger charge is -2.09. The summed E-state index contributed by atoms with van der Waals surface area (Å²) in [6.07, 6.45) is 3.99. The zero-order chi connectivity index (χ0) is 11.5. The molecule has 5 heteroatoms. The summed E-state index contributed by atoms with van der Waals surface area (Å²) in [5.41, 5.74) is 4.43. The van der Waals surface area contributed by atoms with E-state index in [4.69, 9.17) is 0 Å². The van der Waals surface area contributed by atoms with E-state index in [2.05, 4.69) is 21.0 Å². The van der Waals surface area contributed by atoms with Crippen LogP contribution in [0.2, 0.25) is 0 Å². The highest BCUT2D eigenvalue weighted by Crippen LogP contribution is 2.25. The summed E-state index contributed by atoms with van der Waals surface area (Å²) >= 11 is 1.73. The van der Waals surface area contributed by atoms with Crippen molar-refractivity contribution in [1.29, 1.82) is 0 Å². The summed E-state index contributed by atoms with van der Waals surface area (Å²) in [7, 11) is 6.00. The highest BCUT2D eigenvalue weighted by Gasteiger charge is 2.06. The molecule has 0 unspecified atom stereocenters. The fraction of sp³-hybridized carbons (Fsp3) is 0.364. The van der Waals surface area contributed by atoms with Gasteiger partial charge in [0, 0.05) is 33.5 Å². The summed E-state index contributed by atoms with van der Waals surface area (Å²) in [4.78, 5) is 5.61. The number of hydrogen-bond donors (Lipinski definition) is 1. The van der Waals surface area contributed by atoms with Gasteiger partial charge in [0.1, 0.15) is 5.01 Å². The maximum absolute atomic E-state index is 4.40. The third-order valence-electron chi connectivity index (χ3n) is 2.30. The largest absolute Gasteiger partial charge is 0.350 e. The Kier molecular flexibility index (Phi) is 3.38.